The third kappa shape index (κ3) is 2.43. The van der Waals surface area contributed by atoms with E-state index in [1.54, 1.807) is 6.07 Å². The van der Waals surface area contributed by atoms with E-state index in [1.807, 2.05) is 6.92 Å². The number of carboxylic acid groups (broad SMARTS) is 1. The summed E-state index contributed by atoms with van der Waals surface area (Å²) in [5.74, 6) is -1.05. The molecular weight excluding hydrogens is 184 g/mol. The average Bonchev–Trinajstić information content (AvgIpc) is 2.14. The molecule has 0 saturated carbocycles. The standard InChI is InChI=1S/C9H12N2O3/c1-2-14-5-6-3-4-7(9(12)13)8(10)11-6/h3-4H,2,5H2,1H3,(H2,10,11)(H,12,13). The number of carboxylic acids is 1. The number of hydrogen-bond donors (Lipinski definition) is 2. The SMILES string of the molecule is CCOCc1ccc(C(=O)O)c(N)n1. The van der Waals surface area contributed by atoms with Crippen molar-refractivity contribution in [2.45, 2.75) is 13.5 Å². The van der Waals surface area contributed by atoms with E-state index >= 15 is 0 Å². The molecule has 1 aromatic rings. The van der Waals surface area contributed by atoms with Gasteiger partial charge in [-0.3, -0.25) is 0 Å². The summed E-state index contributed by atoms with van der Waals surface area (Å²) in [7, 11) is 0. The summed E-state index contributed by atoms with van der Waals surface area (Å²) in [5.41, 5.74) is 6.10. The minimum Gasteiger partial charge on any atom is -0.478 e. The number of ether oxygens (including phenoxy) is 1. The van der Waals surface area contributed by atoms with Crippen molar-refractivity contribution in [1.82, 2.24) is 4.98 Å². The summed E-state index contributed by atoms with van der Waals surface area (Å²) in [6.07, 6.45) is 0. The molecule has 0 fully saturated rings. The Labute approximate surface area is 81.5 Å². The van der Waals surface area contributed by atoms with Gasteiger partial charge in [-0.05, 0) is 19.1 Å². The van der Waals surface area contributed by atoms with E-state index in [9.17, 15) is 4.79 Å². The lowest BCUT2D eigenvalue weighted by Gasteiger charge is -2.03. The van der Waals surface area contributed by atoms with Crippen LogP contribution < -0.4 is 5.73 Å². The van der Waals surface area contributed by atoms with Crippen LogP contribution >= 0.6 is 0 Å². The number of nitrogens with two attached hydrogens (primary N) is 1. The molecule has 1 heterocycles. The second-order valence-corrected chi connectivity index (χ2v) is 2.68. The Morgan fingerprint density at radius 3 is 2.86 bits per heavy atom. The summed E-state index contributed by atoms with van der Waals surface area (Å²) < 4.78 is 5.11. The van der Waals surface area contributed by atoms with Crippen molar-refractivity contribution in [3.05, 3.63) is 23.4 Å². The van der Waals surface area contributed by atoms with Crippen LogP contribution in [0.5, 0.6) is 0 Å². The first-order valence-electron chi connectivity index (χ1n) is 4.21. The van der Waals surface area contributed by atoms with Crippen LogP contribution in [0.3, 0.4) is 0 Å². The molecule has 0 bridgehead atoms. The van der Waals surface area contributed by atoms with Crippen LogP contribution in [-0.2, 0) is 11.3 Å². The summed E-state index contributed by atoms with van der Waals surface area (Å²) in [5, 5.41) is 8.68. The molecule has 5 heteroatoms. The van der Waals surface area contributed by atoms with Crippen LogP contribution in [-0.4, -0.2) is 22.7 Å². The van der Waals surface area contributed by atoms with Crippen LogP contribution in [0.2, 0.25) is 0 Å². The number of anilines is 1. The Balaban J connectivity index is 2.83. The molecule has 1 aromatic heterocycles. The molecule has 0 saturated heterocycles. The Kier molecular flexibility index (Phi) is 3.41. The van der Waals surface area contributed by atoms with Crippen molar-refractivity contribution in [3.8, 4) is 0 Å². The molecule has 0 radical (unpaired) electrons. The number of pyridine rings is 1. The highest BCUT2D eigenvalue weighted by atomic mass is 16.5. The van der Waals surface area contributed by atoms with Gasteiger partial charge in [-0.15, -0.1) is 0 Å². The van der Waals surface area contributed by atoms with E-state index in [-0.39, 0.29) is 11.4 Å². The molecule has 0 aliphatic carbocycles. The van der Waals surface area contributed by atoms with E-state index in [0.29, 0.717) is 18.9 Å². The lowest BCUT2D eigenvalue weighted by atomic mass is 10.2. The van der Waals surface area contributed by atoms with Gasteiger partial charge in [-0.2, -0.15) is 0 Å². The van der Waals surface area contributed by atoms with Crippen LogP contribution in [0, 0.1) is 0 Å². The lowest BCUT2D eigenvalue weighted by Crippen LogP contribution is -2.06. The highest BCUT2D eigenvalue weighted by molar-refractivity contribution is 5.92. The predicted octanol–water partition coefficient (Wildman–Crippen LogP) is 0.899. The summed E-state index contributed by atoms with van der Waals surface area (Å²) in [6.45, 7) is 2.80. The number of hydrogen-bond acceptors (Lipinski definition) is 4. The third-order valence-electron chi connectivity index (χ3n) is 1.67. The molecule has 3 N–H and O–H groups in total. The Bertz CT molecular complexity index is 339. The maximum atomic E-state index is 10.6. The molecule has 0 atom stereocenters. The first kappa shape index (κ1) is 10.5. The van der Waals surface area contributed by atoms with Crippen LogP contribution in [0.25, 0.3) is 0 Å². The number of carbonyl (C=O) groups is 1. The van der Waals surface area contributed by atoms with Gasteiger partial charge in [0.15, 0.2) is 0 Å². The van der Waals surface area contributed by atoms with E-state index in [2.05, 4.69) is 4.98 Å². The van der Waals surface area contributed by atoms with Gasteiger partial charge in [0.05, 0.1) is 12.3 Å². The highest BCUT2D eigenvalue weighted by Gasteiger charge is 2.08. The average molecular weight is 196 g/mol. The van der Waals surface area contributed by atoms with Crippen LogP contribution in [0.1, 0.15) is 23.0 Å². The number of aromatic nitrogens is 1. The van der Waals surface area contributed by atoms with Crippen molar-refractivity contribution < 1.29 is 14.6 Å². The quantitative estimate of drug-likeness (QED) is 0.747. The van der Waals surface area contributed by atoms with Gasteiger partial charge >= 0.3 is 5.97 Å². The monoisotopic (exact) mass is 196 g/mol. The third-order valence-corrected chi connectivity index (χ3v) is 1.67. The molecule has 5 nitrogen and oxygen atoms in total. The molecule has 76 valence electrons. The fourth-order valence-corrected chi connectivity index (χ4v) is 0.985. The lowest BCUT2D eigenvalue weighted by molar-refractivity contribution is 0.0697. The van der Waals surface area contributed by atoms with E-state index in [0.717, 1.165) is 0 Å². The summed E-state index contributed by atoms with van der Waals surface area (Å²) >= 11 is 0. The Morgan fingerprint density at radius 2 is 2.36 bits per heavy atom. The van der Waals surface area contributed by atoms with Gasteiger partial charge in [0.25, 0.3) is 0 Å². The maximum Gasteiger partial charge on any atom is 0.339 e. The minimum atomic E-state index is -1.07. The molecule has 0 aliphatic heterocycles. The van der Waals surface area contributed by atoms with Crippen molar-refractivity contribution in [2.24, 2.45) is 0 Å². The molecule has 0 aromatic carbocycles. The predicted molar refractivity (Wildman–Crippen MR) is 50.9 cm³/mol. The number of nitrogen functional groups attached to an aromatic ring is 1. The zero-order valence-electron chi connectivity index (χ0n) is 7.86. The van der Waals surface area contributed by atoms with Crippen molar-refractivity contribution in [3.63, 3.8) is 0 Å². The summed E-state index contributed by atoms with van der Waals surface area (Å²) in [6, 6.07) is 3.02. The van der Waals surface area contributed by atoms with E-state index in [1.165, 1.54) is 6.07 Å². The fourth-order valence-electron chi connectivity index (χ4n) is 0.985. The molecule has 14 heavy (non-hydrogen) atoms. The number of nitrogens with zero attached hydrogens (tertiary/aromatic N) is 1. The van der Waals surface area contributed by atoms with Gasteiger partial charge in [0, 0.05) is 6.61 Å². The largest absolute Gasteiger partial charge is 0.478 e. The minimum absolute atomic E-state index is 0.0187. The van der Waals surface area contributed by atoms with E-state index < -0.39 is 5.97 Å². The second-order valence-electron chi connectivity index (χ2n) is 2.68. The van der Waals surface area contributed by atoms with Crippen molar-refractivity contribution in [2.75, 3.05) is 12.3 Å². The zero-order chi connectivity index (χ0) is 10.6. The van der Waals surface area contributed by atoms with Crippen molar-refractivity contribution in [1.29, 1.82) is 0 Å². The molecular formula is C9H12N2O3. The molecule has 0 amide bonds. The molecule has 0 spiro atoms. The second kappa shape index (κ2) is 4.57. The Morgan fingerprint density at radius 1 is 1.64 bits per heavy atom. The van der Waals surface area contributed by atoms with Crippen molar-refractivity contribution >= 4 is 11.8 Å². The number of aromatic carboxylic acids is 1. The highest BCUT2D eigenvalue weighted by Crippen LogP contribution is 2.10. The van der Waals surface area contributed by atoms with E-state index in [4.69, 9.17) is 15.6 Å². The molecule has 1 rings (SSSR count). The first-order chi connectivity index (χ1) is 6.65. The van der Waals surface area contributed by atoms with Gasteiger partial charge in [-0.1, -0.05) is 0 Å². The topological polar surface area (TPSA) is 85.4 Å². The Hall–Kier alpha value is -1.62. The van der Waals surface area contributed by atoms with Gasteiger partial charge in [0.1, 0.15) is 11.4 Å². The molecule has 0 unspecified atom stereocenters. The van der Waals surface area contributed by atoms with Crippen LogP contribution in [0.15, 0.2) is 12.1 Å². The smallest absolute Gasteiger partial charge is 0.339 e. The maximum absolute atomic E-state index is 10.6. The van der Waals surface area contributed by atoms with Gasteiger partial charge in [-0.25, -0.2) is 9.78 Å². The number of rotatable bonds is 4. The summed E-state index contributed by atoms with van der Waals surface area (Å²) in [4.78, 5) is 14.5. The normalized spacial score (nSPS) is 10.1. The first-order valence-corrected chi connectivity index (χ1v) is 4.21. The van der Waals surface area contributed by atoms with Gasteiger partial charge in [0.2, 0.25) is 0 Å². The zero-order valence-corrected chi connectivity index (χ0v) is 7.86. The fraction of sp³-hybridized carbons (Fsp3) is 0.333. The van der Waals surface area contributed by atoms with Gasteiger partial charge < -0.3 is 15.6 Å². The molecule has 0 aliphatic rings. The van der Waals surface area contributed by atoms with Crippen LogP contribution in [0.4, 0.5) is 5.82 Å².